The third-order valence-electron chi connectivity index (χ3n) is 5.24. The van der Waals surface area contributed by atoms with Crippen LogP contribution in [0.2, 0.25) is 0 Å². The van der Waals surface area contributed by atoms with Gasteiger partial charge in [0.1, 0.15) is 0 Å². The van der Waals surface area contributed by atoms with Gasteiger partial charge in [0, 0.05) is 19.6 Å². The number of carbonyl (C=O) groups excluding carboxylic acids is 1. The zero-order chi connectivity index (χ0) is 17.2. The fourth-order valence-electron chi connectivity index (χ4n) is 3.88. The molecule has 25 heavy (non-hydrogen) atoms. The van der Waals surface area contributed by atoms with E-state index < -0.39 is 0 Å². The van der Waals surface area contributed by atoms with Gasteiger partial charge in [-0.25, -0.2) is 0 Å². The summed E-state index contributed by atoms with van der Waals surface area (Å²) in [4.78, 5) is 21.3. The zero-order valence-electron chi connectivity index (χ0n) is 14.6. The molecule has 0 N–H and O–H groups in total. The van der Waals surface area contributed by atoms with Crippen molar-refractivity contribution in [2.45, 2.75) is 38.6 Å². The number of aryl methyl sites for hydroxylation is 1. The van der Waals surface area contributed by atoms with Crippen LogP contribution < -0.4 is 0 Å². The van der Waals surface area contributed by atoms with E-state index in [4.69, 9.17) is 4.52 Å². The van der Waals surface area contributed by atoms with Crippen LogP contribution in [0.25, 0.3) is 0 Å². The Kier molecular flexibility index (Phi) is 4.53. The van der Waals surface area contributed by atoms with Crippen LogP contribution in [-0.2, 0) is 17.8 Å². The van der Waals surface area contributed by atoms with E-state index in [2.05, 4.69) is 39.3 Å². The Hall–Kier alpha value is -2.21. The maximum Gasteiger partial charge on any atom is 0.237 e. The number of hydrogen-bond acceptors (Lipinski definition) is 5. The molecular formula is C19H24N4O2. The lowest BCUT2D eigenvalue weighted by molar-refractivity contribution is -0.133. The number of likely N-dealkylation sites (tertiary alicyclic amines) is 1. The fraction of sp³-hybridized carbons (Fsp3) is 0.526. The molecule has 0 spiro atoms. The van der Waals surface area contributed by atoms with Crippen LogP contribution >= 0.6 is 0 Å². The molecule has 0 bridgehead atoms. The number of carbonyl (C=O) groups is 1. The fourth-order valence-corrected chi connectivity index (χ4v) is 3.88. The molecule has 2 aliphatic rings. The summed E-state index contributed by atoms with van der Waals surface area (Å²) in [6.45, 7) is 5.64. The van der Waals surface area contributed by atoms with Crippen molar-refractivity contribution in [2.75, 3.05) is 26.2 Å². The van der Waals surface area contributed by atoms with Crippen LogP contribution in [0, 0.1) is 6.92 Å². The molecule has 0 aliphatic carbocycles. The van der Waals surface area contributed by atoms with Crippen molar-refractivity contribution in [3.05, 3.63) is 47.1 Å². The van der Waals surface area contributed by atoms with Gasteiger partial charge in [0.15, 0.2) is 5.82 Å². The van der Waals surface area contributed by atoms with Crippen molar-refractivity contribution in [1.82, 2.24) is 19.9 Å². The van der Waals surface area contributed by atoms with Gasteiger partial charge < -0.3 is 9.42 Å². The number of benzene rings is 1. The van der Waals surface area contributed by atoms with Gasteiger partial charge >= 0.3 is 0 Å². The average Bonchev–Trinajstić information content (AvgIpc) is 3.08. The molecule has 2 aromatic rings. The van der Waals surface area contributed by atoms with E-state index in [1.165, 1.54) is 11.1 Å². The number of hydrogen-bond donors (Lipinski definition) is 0. The summed E-state index contributed by atoms with van der Waals surface area (Å²) in [7, 11) is 0. The predicted molar refractivity (Wildman–Crippen MR) is 93.0 cm³/mol. The summed E-state index contributed by atoms with van der Waals surface area (Å²) in [6, 6.07) is 8.42. The van der Waals surface area contributed by atoms with Gasteiger partial charge in [0.05, 0.1) is 12.5 Å². The third kappa shape index (κ3) is 3.58. The standard InChI is InChI=1S/C19H24N4O2/c1-14-20-19(25-21-14)17-7-4-9-22(11-17)13-18(24)23-10-8-15-5-2-3-6-16(15)12-23/h2-3,5-6,17H,4,7-13H2,1H3/t17-/m0/s1. The van der Waals surface area contributed by atoms with Crippen molar-refractivity contribution in [2.24, 2.45) is 0 Å². The molecule has 6 heteroatoms. The van der Waals surface area contributed by atoms with E-state index in [1.54, 1.807) is 0 Å². The van der Waals surface area contributed by atoms with Crippen LogP contribution in [0.1, 0.15) is 41.6 Å². The molecule has 0 unspecified atom stereocenters. The number of fused-ring (bicyclic) bond motifs is 1. The minimum Gasteiger partial charge on any atom is -0.339 e. The van der Waals surface area contributed by atoms with Crippen LogP contribution in [0.3, 0.4) is 0 Å². The number of amides is 1. The zero-order valence-corrected chi connectivity index (χ0v) is 14.6. The Bertz CT molecular complexity index is 757. The monoisotopic (exact) mass is 340 g/mol. The number of rotatable bonds is 3. The van der Waals surface area contributed by atoms with Crippen LogP contribution in [0.4, 0.5) is 0 Å². The van der Waals surface area contributed by atoms with Gasteiger partial charge in [-0.3, -0.25) is 9.69 Å². The highest BCUT2D eigenvalue weighted by Crippen LogP contribution is 2.26. The third-order valence-corrected chi connectivity index (χ3v) is 5.24. The molecule has 1 atom stereocenters. The number of nitrogens with zero attached hydrogens (tertiary/aromatic N) is 4. The lowest BCUT2D eigenvalue weighted by Gasteiger charge is -2.34. The van der Waals surface area contributed by atoms with Gasteiger partial charge in [0.25, 0.3) is 0 Å². The summed E-state index contributed by atoms with van der Waals surface area (Å²) in [5.74, 6) is 1.85. The lowest BCUT2D eigenvalue weighted by atomic mass is 9.97. The molecule has 0 radical (unpaired) electrons. The maximum atomic E-state index is 12.8. The predicted octanol–water partition coefficient (Wildman–Crippen LogP) is 2.14. The summed E-state index contributed by atoms with van der Waals surface area (Å²) in [5, 5.41) is 3.89. The van der Waals surface area contributed by atoms with Crippen molar-refractivity contribution in [3.8, 4) is 0 Å². The van der Waals surface area contributed by atoms with Crippen molar-refractivity contribution < 1.29 is 9.32 Å². The number of piperidine rings is 1. The van der Waals surface area contributed by atoms with Gasteiger partial charge in [-0.2, -0.15) is 4.98 Å². The van der Waals surface area contributed by atoms with Crippen molar-refractivity contribution in [1.29, 1.82) is 0 Å². The summed E-state index contributed by atoms with van der Waals surface area (Å²) < 4.78 is 5.33. The normalized spacial score (nSPS) is 21.2. The van der Waals surface area contributed by atoms with Crippen molar-refractivity contribution >= 4 is 5.91 Å². The van der Waals surface area contributed by atoms with Gasteiger partial charge in [0.2, 0.25) is 11.8 Å². The first-order chi connectivity index (χ1) is 12.2. The van der Waals surface area contributed by atoms with Gasteiger partial charge in [-0.1, -0.05) is 29.4 Å². The highest BCUT2D eigenvalue weighted by Gasteiger charge is 2.28. The smallest absolute Gasteiger partial charge is 0.237 e. The maximum absolute atomic E-state index is 12.8. The van der Waals surface area contributed by atoms with Crippen LogP contribution in [-0.4, -0.2) is 52.0 Å². The molecule has 1 aromatic carbocycles. The first-order valence-electron chi connectivity index (χ1n) is 9.06. The molecule has 6 nitrogen and oxygen atoms in total. The quantitative estimate of drug-likeness (QED) is 0.857. The van der Waals surface area contributed by atoms with E-state index in [0.29, 0.717) is 18.3 Å². The van der Waals surface area contributed by atoms with E-state index in [9.17, 15) is 4.79 Å². The molecule has 1 saturated heterocycles. The largest absolute Gasteiger partial charge is 0.339 e. The first kappa shape index (κ1) is 16.3. The summed E-state index contributed by atoms with van der Waals surface area (Å²) in [5.41, 5.74) is 2.65. The molecule has 1 aromatic heterocycles. The van der Waals surface area contributed by atoms with Gasteiger partial charge in [-0.05, 0) is 43.9 Å². The van der Waals surface area contributed by atoms with E-state index in [-0.39, 0.29) is 11.8 Å². The average molecular weight is 340 g/mol. The van der Waals surface area contributed by atoms with Crippen molar-refractivity contribution in [3.63, 3.8) is 0 Å². The molecule has 1 amide bonds. The Morgan fingerprint density at radius 2 is 2.12 bits per heavy atom. The van der Waals surface area contributed by atoms with E-state index >= 15 is 0 Å². The SMILES string of the molecule is Cc1noc([C@H]2CCCN(CC(=O)N3CCc4ccccc4C3)C2)n1. The Labute approximate surface area is 147 Å². The minimum atomic E-state index is 0.219. The molecule has 1 fully saturated rings. The van der Waals surface area contributed by atoms with Crippen LogP contribution in [0.15, 0.2) is 28.8 Å². The summed E-state index contributed by atoms with van der Waals surface area (Å²) >= 11 is 0. The molecule has 0 saturated carbocycles. The molecule has 4 rings (SSSR count). The Morgan fingerprint density at radius 3 is 2.92 bits per heavy atom. The molecular weight excluding hydrogens is 316 g/mol. The second kappa shape index (κ2) is 6.96. The summed E-state index contributed by atoms with van der Waals surface area (Å²) in [6.07, 6.45) is 3.05. The first-order valence-corrected chi connectivity index (χ1v) is 9.06. The molecule has 132 valence electrons. The topological polar surface area (TPSA) is 62.5 Å². The highest BCUT2D eigenvalue weighted by atomic mass is 16.5. The van der Waals surface area contributed by atoms with Gasteiger partial charge in [-0.15, -0.1) is 0 Å². The van der Waals surface area contributed by atoms with E-state index in [0.717, 1.165) is 45.4 Å². The minimum absolute atomic E-state index is 0.219. The molecule has 3 heterocycles. The second-order valence-electron chi connectivity index (χ2n) is 7.09. The Morgan fingerprint density at radius 1 is 1.28 bits per heavy atom. The lowest BCUT2D eigenvalue weighted by Crippen LogP contribution is -2.45. The number of aromatic nitrogens is 2. The van der Waals surface area contributed by atoms with E-state index in [1.807, 2.05) is 11.8 Å². The highest BCUT2D eigenvalue weighted by molar-refractivity contribution is 5.78. The molecule has 2 aliphatic heterocycles. The Balaban J connectivity index is 1.36. The van der Waals surface area contributed by atoms with Crippen LogP contribution in [0.5, 0.6) is 0 Å². The second-order valence-corrected chi connectivity index (χ2v) is 7.09.